The number of fused-ring (bicyclic) bond motifs is 5. The van der Waals surface area contributed by atoms with Gasteiger partial charge in [-0.2, -0.15) is 0 Å². The summed E-state index contributed by atoms with van der Waals surface area (Å²) in [6.45, 7) is 10.2. The van der Waals surface area contributed by atoms with Gasteiger partial charge in [-0.15, -0.1) is 0 Å². The van der Waals surface area contributed by atoms with Gasteiger partial charge in [0.15, 0.2) is 0 Å². The summed E-state index contributed by atoms with van der Waals surface area (Å²) in [4.78, 5) is 0. The van der Waals surface area contributed by atoms with Gasteiger partial charge in [0, 0.05) is 14.2 Å². The van der Waals surface area contributed by atoms with Crippen molar-refractivity contribution >= 4 is 0 Å². The lowest BCUT2D eigenvalue weighted by molar-refractivity contribution is -0.133. The Balaban J connectivity index is 1.46. The van der Waals surface area contributed by atoms with Crippen molar-refractivity contribution in [3.8, 4) is 0 Å². The van der Waals surface area contributed by atoms with Gasteiger partial charge >= 0.3 is 0 Å². The summed E-state index contributed by atoms with van der Waals surface area (Å²) in [5.41, 5.74) is 1.20. The van der Waals surface area contributed by atoms with Crippen molar-refractivity contribution in [3.05, 3.63) is 0 Å². The van der Waals surface area contributed by atoms with E-state index < -0.39 is 0 Å². The van der Waals surface area contributed by atoms with Gasteiger partial charge in [0.25, 0.3) is 0 Å². The van der Waals surface area contributed by atoms with Gasteiger partial charge in [-0.3, -0.25) is 0 Å². The van der Waals surface area contributed by atoms with E-state index in [0.717, 1.165) is 35.5 Å². The zero-order valence-corrected chi connectivity index (χ0v) is 20.2. The van der Waals surface area contributed by atoms with Gasteiger partial charge in [0.2, 0.25) is 0 Å². The van der Waals surface area contributed by atoms with E-state index in [0.29, 0.717) is 23.0 Å². The van der Waals surface area contributed by atoms with Crippen LogP contribution in [0, 0.1) is 46.3 Å². The summed E-state index contributed by atoms with van der Waals surface area (Å²) in [7, 11) is 3.79. The van der Waals surface area contributed by atoms with Crippen molar-refractivity contribution in [2.24, 2.45) is 46.3 Å². The predicted molar refractivity (Wildman–Crippen MR) is 121 cm³/mol. The van der Waals surface area contributed by atoms with Gasteiger partial charge < -0.3 is 9.47 Å². The van der Waals surface area contributed by atoms with Crippen molar-refractivity contribution in [3.63, 3.8) is 0 Å². The monoisotopic (exact) mass is 404 g/mol. The highest BCUT2D eigenvalue weighted by Gasteiger charge is 2.60. The number of ether oxygens (including phenoxy) is 2. The lowest BCUT2D eigenvalue weighted by atomic mass is 9.44. The van der Waals surface area contributed by atoms with E-state index >= 15 is 0 Å². The van der Waals surface area contributed by atoms with Crippen LogP contribution < -0.4 is 0 Å². The Morgan fingerprint density at radius 1 is 0.828 bits per heavy atom. The van der Waals surface area contributed by atoms with Crippen LogP contribution in [0.4, 0.5) is 0 Å². The van der Waals surface area contributed by atoms with E-state index in [1.807, 2.05) is 14.2 Å². The molecular weight excluding hydrogens is 356 g/mol. The van der Waals surface area contributed by atoms with Crippen LogP contribution in [-0.2, 0) is 9.47 Å². The molecule has 8 unspecified atom stereocenters. The third-order valence-corrected chi connectivity index (χ3v) is 11.1. The molecule has 168 valence electrons. The van der Waals surface area contributed by atoms with E-state index in [2.05, 4.69) is 27.7 Å². The third kappa shape index (κ3) is 3.73. The standard InChI is InChI=1S/C27H48O2/c1-18(7-8-19(2)28-5)23-11-12-24-22-10-9-20-17-21(29-6)13-15-26(20,3)25(22)14-16-27(23,24)4/h18-25H,7-17H2,1-6H3/t18-,19?,20?,21-,22?,23?,24?,25?,26?,27?/m1/s1. The molecular formula is C27H48O2. The Kier molecular flexibility index (Phi) is 6.45. The van der Waals surface area contributed by atoms with Crippen LogP contribution in [0.2, 0.25) is 0 Å². The van der Waals surface area contributed by atoms with Gasteiger partial charge in [-0.1, -0.05) is 20.8 Å². The fourth-order valence-electron chi connectivity index (χ4n) is 9.22. The van der Waals surface area contributed by atoms with Crippen LogP contribution in [-0.4, -0.2) is 26.4 Å². The molecule has 2 nitrogen and oxygen atoms in total. The maximum absolute atomic E-state index is 5.79. The highest BCUT2D eigenvalue weighted by Crippen LogP contribution is 2.68. The first-order chi connectivity index (χ1) is 13.8. The highest BCUT2D eigenvalue weighted by molar-refractivity contribution is 5.09. The Morgan fingerprint density at radius 2 is 1.55 bits per heavy atom. The molecule has 0 aromatic heterocycles. The fourth-order valence-corrected chi connectivity index (χ4v) is 9.22. The second-order valence-electron chi connectivity index (χ2n) is 12.1. The van der Waals surface area contributed by atoms with Gasteiger partial charge in [0.05, 0.1) is 12.2 Å². The summed E-state index contributed by atoms with van der Waals surface area (Å²) >= 11 is 0. The van der Waals surface area contributed by atoms with E-state index in [1.54, 1.807) is 0 Å². The second kappa shape index (κ2) is 8.45. The van der Waals surface area contributed by atoms with Crippen LogP contribution in [0.5, 0.6) is 0 Å². The van der Waals surface area contributed by atoms with Crippen molar-refractivity contribution in [2.75, 3.05) is 14.2 Å². The van der Waals surface area contributed by atoms with Crippen molar-refractivity contribution in [1.29, 1.82) is 0 Å². The zero-order chi connectivity index (χ0) is 20.8. The zero-order valence-electron chi connectivity index (χ0n) is 20.2. The average Bonchev–Trinajstić information content (AvgIpc) is 3.08. The Bertz CT molecular complexity index is 561. The topological polar surface area (TPSA) is 18.5 Å². The Hall–Kier alpha value is -0.0800. The first-order valence-electron chi connectivity index (χ1n) is 12.9. The van der Waals surface area contributed by atoms with E-state index in [9.17, 15) is 0 Å². The van der Waals surface area contributed by atoms with E-state index in [4.69, 9.17) is 9.47 Å². The average molecular weight is 405 g/mol. The molecule has 0 aliphatic heterocycles. The maximum atomic E-state index is 5.79. The van der Waals surface area contributed by atoms with Crippen molar-refractivity contribution in [2.45, 2.75) is 111 Å². The van der Waals surface area contributed by atoms with E-state index in [-0.39, 0.29) is 0 Å². The fraction of sp³-hybridized carbons (Fsp3) is 1.00. The van der Waals surface area contributed by atoms with Crippen LogP contribution in [0.3, 0.4) is 0 Å². The molecule has 0 saturated heterocycles. The SMILES string of the molecule is COC(C)CC[C@@H](C)C1CCC2C3CCC4C[C@H](OC)CCC4(C)C3CCC21C. The van der Waals surface area contributed by atoms with Crippen molar-refractivity contribution < 1.29 is 9.47 Å². The predicted octanol–water partition coefficient (Wildman–Crippen LogP) is 7.11. The van der Waals surface area contributed by atoms with Crippen molar-refractivity contribution in [1.82, 2.24) is 0 Å². The number of rotatable bonds is 6. The van der Waals surface area contributed by atoms with Crippen LogP contribution in [0.1, 0.15) is 98.3 Å². The first-order valence-corrected chi connectivity index (χ1v) is 12.9. The summed E-state index contributed by atoms with van der Waals surface area (Å²) in [6.07, 6.45) is 16.5. The summed E-state index contributed by atoms with van der Waals surface area (Å²) in [5, 5.41) is 0. The highest BCUT2D eigenvalue weighted by atomic mass is 16.5. The number of hydrogen-bond donors (Lipinski definition) is 0. The molecule has 0 bridgehead atoms. The minimum atomic E-state index is 0.413. The molecule has 4 rings (SSSR count). The van der Waals surface area contributed by atoms with E-state index in [1.165, 1.54) is 70.6 Å². The van der Waals surface area contributed by atoms with Crippen LogP contribution in [0.25, 0.3) is 0 Å². The molecule has 0 spiro atoms. The molecule has 2 heteroatoms. The first kappa shape index (κ1) is 22.1. The van der Waals surface area contributed by atoms with Crippen LogP contribution in [0.15, 0.2) is 0 Å². The smallest absolute Gasteiger partial charge is 0.0574 e. The molecule has 4 fully saturated rings. The molecule has 0 amide bonds. The number of hydrogen-bond acceptors (Lipinski definition) is 2. The summed E-state index contributed by atoms with van der Waals surface area (Å²) in [5.74, 6) is 5.68. The molecule has 4 saturated carbocycles. The minimum Gasteiger partial charge on any atom is -0.382 e. The molecule has 0 aromatic rings. The lowest BCUT2D eigenvalue weighted by Crippen LogP contribution is -2.54. The Labute approximate surface area is 180 Å². The van der Waals surface area contributed by atoms with Gasteiger partial charge in [-0.25, -0.2) is 0 Å². The summed E-state index contributed by atoms with van der Waals surface area (Å²) in [6, 6.07) is 0. The molecule has 0 heterocycles. The third-order valence-electron chi connectivity index (χ3n) is 11.1. The minimum absolute atomic E-state index is 0.413. The molecule has 10 atom stereocenters. The molecule has 0 aromatic carbocycles. The Morgan fingerprint density at radius 3 is 2.28 bits per heavy atom. The molecule has 0 radical (unpaired) electrons. The van der Waals surface area contributed by atoms with Gasteiger partial charge in [0.1, 0.15) is 0 Å². The summed E-state index contributed by atoms with van der Waals surface area (Å²) < 4.78 is 11.3. The van der Waals surface area contributed by atoms with Gasteiger partial charge in [-0.05, 0) is 124 Å². The number of methoxy groups -OCH3 is 2. The normalized spacial score (nSPS) is 49.0. The lowest BCUT2D eigenvalue weighted by Gasteiger charge is -2.61. The molecule has 4 aliphatic carbocycles. The molecule has 0 N–H and O–H groups in total. The quantitative estimate of drug-likeness (QED) is 0.469. The van der Waals surface area contributed by atoms with Crippen LogP contribution >= 0.6 is 0 Å². The molecule has 29 heavy (non-hydrogen) atoms. The second-order valence-corrected chi connectivity index (χ2v) is 12.1. The molecule has 4 aliphatic rings. The largest absolute Gasteiger partial charge is 0.382 e. The maximum Gasteiger partial charge on any atom is 0.0574 e.